The van der Waals surface area contributed by atoms with Crippen molar-refractivity contribution in [3.8, 4) is 50.6 Å². The number of pyridine rings is 1. The molecule has 0 aliphatic rings. The van der Waals surface area contributed by atoms with E-state index in [0.29, 0.717) is 44.7 Å². The molecule has 4 nitrogen and oxygen atoms in total. The Labute approximate surface area is 421 Å². The number of hydrogen-bond acceptors (Lipinski definition) is 3. The van der Waals surface area contributed by atoms with Crippen LogP contribution in [-0.2, 0) is 25.5 Å². The molecule has 3 heterocycles. The van der Waals surface area contributed by atoms with Crippen LogP contribution in [0.1, 0.15) is 69.7 Å². The zero-order chi connectivity index (χ0) is 49.2. The molecule has 0 saturated heterocycles. The molecule has 3 aromatic heterocycles. The van der Waals surface area contributed by atoms with Gasteiger partial charge in [-0.05, 0) is 106 Å². The van der Waals surface area contributed by atoms with Gasteiger partial charge in [-0.3, -0.25) is 4.98 Å². The number of hydrogen-bond donors (Lipinski definition) is 0. The summed E-state index contributed by atoms with van der Waals surface area (Å²) in [6.45, 7) is 23.0. The molecule has 0 unspecified atom stereocenters. The first-order chi connectivity index (χ1) is 32.7. The van der Waals surface area contributed by atoms with Crippen molar-refractivity contribution in [3.05, 3.63) is 191 Å². The number of furan rings is 1. The standard InChI is InChI=1S/C44H35F2N2O.C17H22NSi.Ir/c1-25-15-18-34(42-39(25)33-19-16-29(23-38(33)49-42)30-21-26(2)40(46)27(3)22-30)43-47-36-20-17-31(45)24-37(36)48(43)41-32(28-11-8-7-9-12-28)13-10-14-35(41)44(4,5)6;1-13(2)15-11-16(14-9-7-6-8-10-14)18-12-17(15)19(3,4)5;/h7-17,19-24H,1-6H3;6-9,11-13H,1-5H3;/q2*-1;/i;13D;. The van der Waals surface area contributed by atoms with Crippen molar-refractivity contribution in [2.75, 3.05) is 0 Å². The maximum absolute atomic E-state index is 15.1. The Hall–Kier alpha value is -6.31. The molecule has 0 fully saturated rings. The van der Waals surface area contributed by atoms with E-state index in [1.165, 1.54) is 11.3 Å². The summed E-state index contributed by atoms with van der Waals surface area (Å²) < 4.78 is 46.9. The van der Waals surface area contributed by atoms with Gasteiger partial charge in [-0.1, -0.05) is 144 Å². The molecule has 0 bridgehead atoms. The minimum absolute atomic E-state index is 0. The van der Waals surface area contributed by atoms with E-state index in [2.05, 4.69) is 118 Å². The zero-order valence-corrected chi connectivity index (χ0v) is 44.5. The van der Waals surface area contributed by atoms with Crippen molar-refractivity contribution in [1.82, 2.24) is 14.5 Å². The third kappa shape index (κ3) is 9.55. The van der Waals surface area contributed by atoms with Crippen LogP contribution in [0.5, 0.6) is 0 Å². The van der Waals surface area contributed by atoms with Gasteiger partial charge >= 0.3 is 0 Å². The van der Waals surface area contributed by atoms with E-state index in [-0.39, 0.29) is 37.2 Å². The van der Waals surface area contributed by atoms with Crippen LogP contribution in [-0.4, -0.2) is 22.6 Å². The molecule has 0 spiro atoms. The average Bonchev–Trinajstić information content (AvgIpc) is 3.89. The monoisotopic (exact) mass is 1110 g/mol. The maximum atomic E-state index is 15.1. The molecular formula is C61H57F2IrN3OSi-2. The number of fused-ring (bicyclic) bond motifs is 4. The Bertz CT molecular complexity index is 3540. The van der Waals surface area contributed by atoms with Crippen LogP contribution >= 0.6 is 0 Å². The molecular weight excluding hydrogens is 1050 g/mol. The van der Waals surface area contributed by atoms with Crippen molar-refractivity contribution in [3.63, 3.8) is 0 Å². The van der Waals surface area contributed by atoms with Crippen LogP contribution in [0.25, 0.3) is 83.6 Å². The molecule has 0 atom stereocenters. The van der Waals surface area contributed by atoms with E-state index in [4.69, 9.17) is 10.8 Å². The third-order valence-electron chi connectivity index (χ3n) is 12.7. The molecule has 0 saturated carbocycles. The Kier molecular flexibility index (Phi) is 13.3. The predicted molar refractivity (Wildman–Crippen MR) is 282 cm³/mol. The molecule has 0 amide bonds. The summed E-state index contributed by atoms with van der Waals surface area (Å²) in [5.74, 6) is -0.517. The van der Waals surface area contributed by atoms with Gasteiger partial charge in [0.1, 0.15) is 17.2 Å². The second-order valence-electron chi connectivity index (χ2n) is 20.2. The number of aryl methyl sites for hydroxylation is 3. The number of aromatic nitrogens is 3. The SMILES string of the molecule is Cc1cc(-c2ccc3c(c2)oc2c(-c4nc5ccc(F)cc5n4-c4c(-c5ccccc5)cccc4C(C)(C)C)[c-]cc(C)c23)cc(C)c1F.[2H]C(C)(C)c1cc(-c2[c-]cccc2)ncc1[Si](C)(C)C.[Ir]. The molecule has 0 aliphatic heterocycles. The van der Waals surface area contributed by atoms with Gasteiger partial charge < -0.3 is 14.0 Å². The largest absolute Gasteiger partial charge is 0.501 e. The quantitative estimate of drug-likeness (QED) is 0.118. The van der Waals surface area contributed by atoms with Gasteiger partial charge in [0.05, 0.1) is 36.2 Å². The van der Waals surface area contributed by atoms with Gasteiger partial charge in [-0.15, -0.1) is 53.6 Å². The van der Waals surface area contributed by atoms with E-state index in [1.807, 2.05) is 86.8 Å². The van der Waals surface area contributed by atoms with Crippen molar-refractivity contribution in [2.24, 2.45) is 0 Å². The van der Waals surface area contributed by atoms with Crippen molar-refractivity contribution in [2.45, 2.75) is 86.3 Å². The first-order valence-corrected chi connectivity index (χ1v) is 26.7. The van der Waals surface area contributed by atoms with Gasteiger partial charge in [0.25, 0.3) is 0 Å². The molecule has 10 aromatic rings. The first kappa shape index (κ1) is 47.7. The number of rotatable bonds is 7. The van der Waals surface area contributed by atoms with Crippen LogP contribution in [0.2, 0.25) is 19.6 Å². The van der Waals surface area contributed by atoms with Crippen LogP contribution in [0.4, 0.5) is 8.78 Å². The van der Waals surface area contributed by atoms with Crippen LogP contribution < -0.4 is 5.19 Å². The minimum Gasteiger partial charge on any atom is -0.501 e. The van der Waals surface area contributed by atoms with Crippen molar-refractivity contribution < 1.29 is 34.7 Å². The Morgan fingerprint density at radius 3 is 2.14 bits per heavy atom. The topological polar surface area (TPSA) is 43.9 Å². The van der Waals surface area contributed by atoms with E-state index >= 15 is 4.39 Å². The van der Waals surface area contributed by atoms with E-state index in [0.717, 1.165) is 66.7 Å². The second kappa shape index (κ2) is 19.2. The smallest absolute Gasteiger partial charge is 0.129 e. The van der Waals surface area contributed by atoms with E-state index in [1.54, 1.807) is 26.0 Å². The molecule has 351 valence electrons. The number of imidazole rings is 1. The number of nitrogens with zero attached hydrogens (tertiary/aromatic N) is 3. The van der Waals surface area contributed by atoms with Crippen molar-refractivity contribution in [1.29, 1.82) is 0 Å². The fourth-order valence-corrected chi connectivity index (χ4v) is 10.9. The minimum atomic E-state index is -1.50. The number of benzene rings is 7. The molecule has 8 heteroatoms. The molecule has 0 N–H and O–H groups in total. The van der Waals surface area contributed by atoms with Gasteiger partial charge in [-0.25, -0.2) is 8.78 Å². The summed E-state index contributed by atoms with van der Waals surface area (Å²) in [6, 6.07) is 49.9. The normalized spacial score (nSPS) is 12.2. The summed E-state index contributed by atoms with van der Waals surface area (Å²) in [7, 11) is -1.50. The van der Waals surface area contributed by atoms with Crippen LogP contribution in [0.3, 0.4) is 0 Å². The molecule has 69 heavy (non-hydrogen) atoms. The fourth-order valence-electron chi connectivity index (χ4n) is 9.29. The van der Waals surface area contributed by atoms with E-state index < -0.39 is 14.0 Å². The fraction of sp³-hybridized carbons (Fsp3) is 0.213. The van der Waals surface area contributed by atoms with Gasteiger partial charge in [-0.2, -0.15) is 0 Å². The van der Waals surface area contributed by atoms with Crippen LogP contribution in [0.15, 0.2) is 144 Å². The zero-order valence-electron chi connectivity index (χ0n) is 42.1. The molecule has 10 rings (SSSR count). The van der Waals surface area contributed by atoms with E-state index in [9.17, 15) is 4.39 Å². The van der Waals surface area contributed by atoms with Crippen molar-refractivity contribution >= 4 is 46.2 Å². The third-order valence-corrected chi connectivity index (χ3v) is 14.8. The summed E-state index contributed by atoms with van der Waals surface area (Å²) in [4.78, 5) is 9.78. The number of para-hydroxylation sites is 1. The Balaban J connectivity index is 0.000000264. The second-order valence-corrected chi connectivity index (χ2v) is 25.2. The average molecular weight is 1110 g/mol. The summed E-state index contributed by atoms with van der Waals surface area (Å²) in [5.41, 5.74) is 14.3. The van der Waals surface area contributed by atoms with Crippen LogP contribution in [0, 0.1) is 44.5 Å². The summed E-state index contributed by atoms with van der Waals surface area (Å²) in [5, 5.41) is 3.21. The number of halogens is 2. The Morgan fingerprint density at radius 1 is 0.754 bits per heavy atom. The van der Waals surface area contributed by atoms with Gasteiger partial charge in [0, 0.05) is 38.6 Å². The van der Waals surface area contributed by atoms with Gasteiger partial charge in [0.15, 0.2) is 0 Å². The maximum Gasteiger partial charge on any atom is 0.129 e. The molecule has 7 aromatic carbocycles. The predicted octanol–water partition coefficient (Wildman–Crippen LogP) is 16.4. The first-order valence-electron chi connectivity index (χ1n) is 23.7. The summed E-state index contributed by atoms with van der Waals surface area (Å²) in [6.07, 6.45) is 1.98. The van der Waals surface area contributed by atoms with Gasteiger partial charge in [0.2, 0.25) is 0 Å². The molecule has 0 aliphatic carbocycles. The Morgan fingerprint density at radius 2 is 1.48 bits per heavy atom. The summed E-state index contributed by atoms with van der Waals surface area (Å²) >= 11 is 0. The molecule has 1 radical (unpaired) electrons.